The predicted octanol–water partition coefficient (Wildman–Crippen LogP) is 2.75. The van der Waals surface area contributed by atoms with E-state index in [1.165, 1.54) is 0 Å². The van der Waals surface area contributed by atoms with Gasteiger partial charge in [-0.1, -0.05) is 10.3 Å². The first-order valence-electron chi connectivity index (χ1n) is 8.98. The van der Waals surface area contributed by atoms with Crippen LogP contribution in [0.1, 0.15) is 39.8 Å². The highest BCUT2D eigenvalue weighted by Crippen LogP contribution is 2.30. The SMILES string of the molecule is Cc1cc(C(=O)N2CC[C@@H](Cc3nccnc3-c3c(C)noc3C)C2)on1. The molecule has 27 heavy (non-hydrogen) atoms. The fourth-order valence-electron chi connectivity index (χ4n) is 3.62. The van der Waals surface area contributed by atoms with Crippen LogP contribution >= 0.6 is 0 Å². The fourth-order valence-corrected chi connectivity index (χ4v) is 3.62. The lowest BCUT2D eigenvalue weighted by Crippen LogP contribution is -2.28. The molecule has 0 radical (unpaired) electrons. The number of amides is 1. The Labute approximate surface area is 156 Å². The van der Waals surface area contributed by atoms with E-state index in [2.05, 4.69) is 20.3 Å². The van der Waals surface area contributed by atoms with Crippen LogP contribution in [0.15, 0.2) is 27.5 Å². The molecule has 1 fully saturated rings. The molecule has 0 unspecified atom stereocenters. The number of aromatic nitrogens is 4. The highest BCUT2D eigenvalue weighted by Gasteiger charge is 2.30. The van der Waals surface area contributed by atoms with Crippen LogP contribution in [0.4, 0.5) is 0 Å². The Morgan fingerprint density at radius 1 is 1.19 bits per heavy atom. The number of hydrogen-bond acceptors (Lipinski definition) is 7. The number of carbonyl (C=O) groups is 1. The summed E-state index contributed by atoms with van der Waals surface area (Å²) in [4.78, 5) is 23.4. The average Bonchev–Trinajstić information content (AvgIpc) is 3.37. The summed E-state index contributed by atoms with van der Waals surface area (Å²) in [6, 6.07) is 1.67. The van der Waals surface area contributed by atoms with Gasteiger partial charge >= 0.3 is 0 Å². The van der Waals surface area contributed by atoms with E-state index >= 15 is 0 Å². The summed E-state index contributed by atoms with van der Waals surface area (Å²) in [6.07, 6.45) is 5.04. The number of carbonyl (C=O) groups excluding carboxylic acids is 1. The number of nitrogens with zero attached hydrogens (tertiary/aromatic N) is 5. The lowest BCUT2D eigenvalue weighted by Gasteiger charge is -2.15. The molecule has 0 saturated carbocycles. The Morgan fingerprint density at radius 2 is 2.00 bits per heavy atom. The van der Waals surface area contributed by atoms with Crippen molar-refractivity contribution in [2.75, 3.05) is 13.1 Å². The van der Waals surface area contributed by atoms with Crippen molar-refractivity contribution in [2.24, 2.45) is 5.92 Å². The van der Waals surface area contributed by atoms with E-state index in [1.54, 1.807) is 25.4 Å². The molecule has 1 aliphatic rings. The molecule has 1 amide bonds. The zero-order chi connectivity index (χ0) is 19.0. The molecule has 8 heteroatoms. The van der Waals surface area contributed by atoms with Crippen molar-refractivity contribution in [3.63, 3.8) is 0 Å². The maximum Gasteiger partial charge on any atom is 0.292 e. The lowest BCUT2D eigenvalue weighted by molar-refractivity contribution is 0.0745. The summed E-state index contributed by atoms with van der Waals surface area (Å²) in [5, 5.41) is 7.82. The van der Waals surface area contributed by atoms with Gasteiger partial charge in [0, 0.05) is 31.5 Å². The van der Waals surface area contributed by atoms with Crippen LogP contribution in [0.25, 0.3) is 11.3 Å². The smallest absolute Gasteiger partial charge is 0.292 e. The molecule has 0 N–H and O–H groups in total. The van der Waals surface area contributed by atoms with Crippen molar-refractivity contribution in [1.82, 2.24) is 25.2 Å². The molecule has 3 aromatic heterocycles. The molecule has 1 atom stereocenters. The molecule has 4 heterocycles. The molecular weight excluding hydrogens is 346 g/mol. The molecule has 8 nitrogen and oxygen atoms in total. The van der Waals surface area contributed by atoms with E-state index in [0.717, 1.165) is 41.2 Å². The van der Waals surface area contributed by atoms with Gasteiger partial charge in [-0.2, -0.15) is 0 Å². The van der Waals surface area contributed by atoms with E-state index in [0.29, 0.717) is 30.5 Å². The normalized spacial score (nSPS) is 16.9. The van der Waals surface area contributed by atoms with Gasteiger partial charge in [-0.05, 0) is 39.5 Å². The largest absolute Gasteiger partial charge is 0.361 e. The van der Waals surface area contributed by atoms with Crippen LogP contribution in [0.5, 0.6) is 0 Å². The summed E-state index contributed by atoms with van der Waals surface area (Å²) in [7, 11) is 0. The van der Waals surface area contributed by atoms with Crippen LogP contribution in [-0.4, -0.2) is 44.2 Å². The molecule has 140 valence electrons. The van der Waals surface area contributed by atoms with Crippen molar-refractivity contribution in [3.8, 4) is 11.3 Å². The number of rotatable bonds is 4. The van der Waals surface area contributed by atoms with Gasteiger partial charge in [-0.3, -0.25) is 14.8 Å². The topological polar surface area (TPSA) is 98.2 Å². The number of likely N-dealkylation sites (tertiary alicyclic amines) is 1. The Bertz CT molecular complexity index is 958. The van der Waals surface area contributed by atoms with E-state index in [9.17, 15) is 4.79 Å². The molecule has 3 aromatic rings. The summed E-state index contributed by atoms with van der Waals surface area (Å²) in [5.41, 5.74) is 4.13. The second-order valence-electron chi connectivity index (χ2n) is 6.99. The third kappa shape index (κ3) is 3.34. The summed E-state index contributed by atoms with van der Waals surface area (Å²) < 4.78 is 10.4. The zero-order valence-electron chi connectivity index (χ0n) is 15.6. The van der Waals surface area contributed by atoms with E-state index in [1.807, 2.05) is 18.7 Å². The first kappa shape index (κ1) is 17.4. The summed E-state index contributed by atoms with van der Waals surface area (Å²) in [6.45, 7) is 6.94. The van der Waals surface area contributed by atoms with Gasteiger partial charge in [-0.25, -0.2) is 0 Å². The third-order valence-electron chi connectivity index (χ3n) is 4.94. The van der Waals surface area contributed by atoms with E-state index in [4.69, 9.17) is 9.05 Å². The molecule has 1 saturated heterocycles. The Morgan fingerprint density at radius 3 is 2.70 bits per heavy atom. The van der Waals surface area contributed by atoms with E-state index < -0.39 is 0 Å². The molecule has 0 aliphatic carbocycles. The minimum Gasteiger partial charge on any atom is -0.361 e. The van der Waals surface area contributed by atoms with Crippen LogP contribution in [0.3, 0.4) is 0 Å². The fraction of sp³-hybridized carbons (Fsp3) is 0.421. The van der Waals surface area contributed by atoms with Crippen molar-refractivity contribution < 1.29 is 13.8 Å². The monoisotopic (exact) mass is 367 g/mol. The van der Waals surface area contributed by atoms with Crippen molar-refractivity contribution >= 4 is 5.91 Å². The standard InChI is InChI=1S/C19H21N5O3/c1-11-8-16(27-22-11)19(25)24-7-4-14(10-24)9-15-18(21-6-5-20-15)17-12(2)23-26-13(17)3/h5-6,8,14H,4,7,9-10H2,1-3H3/t14-/m0/s1. The van der Waals surface area contributed by atoms with Crippen LogP contribution in [0, 0.1) is 26.7 Å². The van der Waals surface area contributed by atoms with Crippen LogP contribution < -0.4 is 0 Å². The van der Waals surface area contributed by atoms with Crippen molar-refractivity contribution in [2.45, 2.75) is 33.6 Å². The minimum atomic E-state index is -0.108. The van der Waals surface area contributed by atoms with E-state index in [-0.39, 0.29) is 5.91 Å². The van der Waals surface area contributed by atoms with Gasteiger partial charge in [0.2, 0.25) is 5.76 Å². The highest BCUT2D eigenvalue weighted by atomic mass is 16.5. The molecule has 0 spiro atoms. The Hall–Kier alpha value is -3.03. The predicted molar refractivity (Wildman–Crippen MR) is 96.0 cm³/mol. The van der Waals surface area contributed by atoms with Gasteiger partial charge in [0.15, 0.2) is 0 Å². The van der Waals surface area contributed by atoms with Gasteiger partial charge in [0.05, 0.1) is 28.3 Å². The second-order valence-corrected chi connectivity index (χ2v) is 6.99. The maximum absolute atomic E-state index is 12.5. The van der Waals surface area contributed by atoms with Crippen molar-refractivity contribution in [3.05, 3.63) is 47.1 Å². The Balaban J connectivity index is 1.51. The van der Waals surface area contributed by atoms with Crippen LogP contribution in [0.2, 0.25) is 0 Å². The maximum atomic E-state index is 12.5. The van der Waals surface area contributed by atoms with Gasteiger partial charge in [0.25, 0.3) is 5.91 Å². The van der Waals surface area contributed by atoms with Gasteiger partial charge in [-0.15, -0.1) is 0 Å². The quantitative estimate of drug-likeness (QED) is 0.699. The third-order valence-corrected chi connectivity index (χ3v) is 4.94. The average molecular weight is 367 g/mol. The lowest BCUT2D eigenvalue weighted by atomic mass is 9.98. The van der Waals surface area contributed by atoms with Gasteiger partial charge in [0.1, 0.15) is 5.76 Å². The highest BCUT2D eigenvalue weighted by molar-refractivity contribution is 5.91. The first-order valence-corrected chi connectivity index (χ1v) is 8.98. The number of hydrogen-bond donors (Lipinski definition) is 0. The number of aryl methyl sites for hydroxylation is 3. The van der Waals surface area contributed by atoms with Crippen molar-refractivity contribution in [1.29, 1.82) is 0 Å². The molecular formula is C19H21N5O3. The molecule has 4 rings (SSSR count). The molecule has 1 aliphatic heterocycles. The Kier molecular flexibility index (Phi) is 4.47. The van der Waals surface area contributed by atoms with Crippen LogP contribution in [-0.2, 0) is 6.42 Å². The minimum absolute atomic E-state index is 0.108. The summed E-state index contributed by atoms with van der Waals surface area (Å²) >= 11 is 0. The first-order chi connectivity index (χ1) is 13.0. The van der Waals surface area contributed by atoms with Gasteiger partial charge < -0.3 is 13.9 Å². The second kappa shape index (κ2) is 6.94. The summed E-state index contributed by atoms with van der Waals surface area (Å²) in [5.74, 6) is 1.24. The molecule has 0 aromatic carbocycles. The molecule has 0 bridgehead atoms. The zero-order valence-corrected chi connectivity index (χ0v) is 15.6.